The zero-order valence-corrected chi connectivity index (χ0v) is 17.1. The third kappa shape index (κ3) is 5.48. The average molecular weight is 409 g/mol. The highest BCUT2D eigenvalue weighted by atomic mass is 16.5. The van der Waals surface area contributed by atoms with Crippen molar-refractivity contribution in [2.45, 2.75) is 38.5 Å². The van der Waals surface area contributed by atoms with Crippen LogP contribution in [0.5, 0.6) is 0 Å². The van der Waals surface area contributed by atoms with E-state index in [2.05, 4.69) is 32.8 Å². The molecule has 1 aliphatic carbocycles. The van der Waals surface area contributed by atoms with Gasteiger partial charge >= 0.3 is 6.03 Å². The first-order valence-corrected chi connectivity index (χ1v) is 10.3. The van der Waals surface area contributed by atoms with Crippen molar-refractivity contribution < 1.29 is 14.3 Å². The number of carbonyl (C=O) groups is 2. The summed E-state index contributed by atoms with van der Waals surface area (Å²) in [5, 5.41) is 8.53. The Kier molecular flexibility index (Phi) is 6.13. The molecule has 8 heteroatoms. The van der Waals surface area contributed by atoms with Gasteiger partial charge in [0.15, 0.2) is 0 Å². The second-order valence-corrected chi connectivity index (χ2v) is 7.78. The second kappa shape index (κ2) is 9.13. The van der Waals surface area contributed by atoms with Gasteiger partial charge in [0.2, 0.25) is 0 Å². The van der Waals surface area contributed by atoms with Crippen LogP contribution in [-0.2, 0) is 11.3 Å². The lowest BCUT2D eigenvalue weighted by molar-refractivity contribution is 0.0529. The summed E-state index contributed by atoms with van der Waals surface area (Å²) in [5.74, 6) is 0.754. The van der Waals surface area contributed by atoms with E-state index in [1.165, 1.54) is 0 Å². The molecule has 4 rings (SSSR count). The van der Waals surface area contributed by atoms with Crippen LogP contribution in [0.2, 0.25) is 0 Å². The van der Waals surface area contributed by atoms with Gasteiger partial charge in [-0.1, -0.05) is 6.07 Å². The number of morpholine rings is 1. The fraction of sp³-hybridized carbons (Fsp3) is 0.409. The Labute approximate surface area is 176 Å². The predicted molar refractivity (Wildman–Crippen MR) is 115 cm³/mol. The first-order valence-electron chi connectivity index (χ1n) is 10.3. The van der Waals surface area contributed by atoms with Gasteiger partial charge in [-0.15, -0.1) is 0 Å². The molecule has 0 bridgehead atoms. The number of nitrogens with one attached hydrogen (secondary N) is 3. The molecule has 1 saturated heterocycles. The molecule has 0 spiro atoms. The van der Waals surface area contributed by atoms with Crippen LogP contribution in [0.3, 0.4) is 0 Å². The zero-order valence-electron chi connectivity index (χ0n) is 17.1. The van der Waals surface area contributed by atoms with Crippen LogP contribution in [0.15, 0.2) is 42.6 Å². The van der Waals surface area contributed by atoms with Crippen LogP contribution in [0.4, 0.5) is 16.3 Å². The molecule has 158 valence electrons. The molecule has 1 saturated carbocycles. The van der Waals surface area contributed by atoms with Crippen LogP contribution in [-0.4, -0.2) is 48.8 Å². The summed E-state index contributed by atoms with van der Waals surface area (Å²) < 4.78 is 5.56. The smallest absolute Gasteiger partial charge is 0.319 e. The minimum atomic E-state index is -0.211. The number of hydrogen-bond donors (Lipinski definition) is 3. The highest BCUT2D eigenvalue weighted by molar-refractivity contribution is 5.95. The standard InChI is InChI=1S/C22H27N5O3/c1-15-14-27(10-11-30-15)20-9-2-16(12-23-20)13-24-21(28)17-3-5-18(6-4-17)25-22(29)26-19-7-8-19/h2-6,9,12,15,19H,7-8,10-11,13-14H2,1H3,(H,24,28)(H2,25,26,29). The van der Waals surface area contributed by atoms with E-state index in [1.807, 2.05) is 12.1 Å². The fourth-order valence-corrected chi connectivity index (χ4v) is 3.30. The van der Waals surface area contributed by atoms with E-state index >= 15 is 0 Å². The van der Waals surface area contributed by atoms with Gasteiger partial charge in [0, 0.05) is 43.1 Å². The number of pyridine rings is 1. The Hall–Kier alpha value is -3.13. The van der Waals surface area contributed by atoms with E-state index in [-0.39, 0.29) is 18.0 Å². The summed E-state index contributed by atoms with van der Waals surface area (Å²) in [6.07, 6.45) is 4.07. The Bertz CT molecular complexity index is 881. The van der Waals surface area contributed by atoms with Gasteiger partial charge in [0.25, 0.3) is 5.91 Å². The van der Waals surface area contributed by atoms with Gasteiger partial charge in [0.05, 0.1) is 12.7 Å². The van der Waals surface area contributed by atoms with Gasteiger partial charge < -0.3 is 25.6 Å². The topological polar surface area (TPSA) is 95.6 Å². The van der Waals surface area contributed by atoms with Gasteiger partial charge in [-0.05, 0) is 55.7 Å². The quantitative estimate of drug-likeness (QED) is 0.681. The van der Waals surface area contributed by atoms with Crippen molar-refractivity contribution in [2.75, 3.05) is 29.9 Å². The van der Waals surface area contributed by atoms with Crippen LogP contribution >= 0.6 is 0 Å². The molecular formula is C22H27N5O3. The van der Waals surface area contributed by atoms with Crippen molar-refractivity contribution in [3.8, 4) is 0 Å². The maximum atomic E-state index is 12.4. The first-order chi connectivity index (χ1) is 14.6. The summed E-state index contributed by atoms with van der Waals surface area (Å²) >= 11 is 0. The maximum Gasteiger partial charge on any atom is 0.319 e. The Balaban J connectivity index is 1.26. The summed E-state index contributed by atoms with van der Waals surface area (Å²) in [7, 11) is 0. The zero-order chi connectivity index (χ0) is 20.9. The number of urea groups is 1. The molecule has 3 amide bonds. The predicted octanol–water partition coefficient (Wildman–Crippen LogP) is 2.52. The Morgan fingerprint density at radius 1 is 1.17 bits per heavy atom. The van der Waals surface area contributed by atoms with Gasteiger partial charge in [-0.25, -0.2) is 9.78 Å². The molecule has 2 aromatic rings. The lowest BCUT2D eigenvalue weighted by Gasteiger charge is -2.32. The number of benzene rings is 1. The van der Waals surface area contributed by atoms with Crippen LogP contribution in [0.25, 0.3) is 0 Å². The first kappa shape index (κ1) is 20.2. The number of carbonyl (C=O) groups excluding carboxylic acids is 2. The van der Waals surface area contributed by atoms with Crippen LogP contribution < -0.4 is 20.9 Å². The molecular weight excluding hydrogens is 382 g/mol. The minimum absolute atomic E-state index is 0.171. The highest BCUT2D eigenvalue weighted by Gasteiger charge is 2.23. The van der Waals surface area contributed by atoms with Gasteiger partial charge in [0.1, 0.15) is 5.82 Å². The van der Waals surface area contributed by atoms with E-state index in [9.17, 15) is 9.59 Å². The van der Waals surface area contributed by atoms with E-state index < -0.39 is 0 Å². The number of amides is 3. The largest absolute Gasteiger partial charge is 0.375 e. The molecule has 2 fully saturated rings. The molecule has 1 aromatic heterocycles. The van der Waals surface area contributed by atoms with Crippen molar-refractivity contribution in [3.63, 3.8) is 0 Å². The molecule has 1 aromatic carbocycles. The number of rotatable bonds is 6. The number of hydrogen-bond acceptors (Lipinski definition) is 5. The van der Waals surface area contributed by atoms with E-state index in [0.717, 1.165) is 37.3 Å². The average Bonchev–Trinajstić information content (AvgIpc) is 3.57. The molecule has 2 aliphatic rings. The van der Waals surface area contributed by atoms with Crippen LogP contribution in [0.1, 0.15) is 35.7 Å². The molecule has 30 heavy (non-hydrogen) atoms. The lowest BCUT2D eigenvalue weighted by Crippen LogP contribution is -2.41. The van der Waals surface area contributed by atoms with Gasteiger partial charge in [-0.2, -0.15) is 0 Å². The Morgan fingerprint density at radius 3 is 2.63 bits per heavy atom. The van der Waals surface area contributed by atoms with Crippen molar-refractivity contribution in [1.82, 2.24) is 15.6 Å². The van der Waals surface area contributed by atoms with Gasteiger partial charge in [-0.3, -0.25) is 4.79 Å². The molecule has 1 aliphatic heterocycles. The van der Waals surface area contributed by atoms with Crippen molar-refractivity contribution in [3.05, 3.63) is 53.7 Å². The number of nitrogens with zero attached hydrogens (tertiary/aromatic N) is 2. The SMILES string of the molecule is CC1CN(c2ccc(CNC(=O)c3ccc(NC(=O)NC4CC4)cc3)cn2)CCO1. The molecule has 1 unspecified atom stereocenters. The molecule has 3 N–H and O–H groups in total. The van der Waals surface area contributed by atoms with Crippen molar-refractivity contribution in [1.29, 1.82) is 0 Å². The number of anilines is 2. The molecule has 8 nitrogen and oxygen atoms in total. The fourth-order valence-electron chi connectivity index (χ4n) is 3.30. The van der Waals surface area contributed by atoms with E-state index in [4.69, 9.17) is 4.74 Å². The van der Waals surface area contributed by atoms with E-state index in [0.29, 0.717) is 30.4 Å². The minimum Gasteiger partial charge on any atom is -0.375 e. The molecule has 2 heterocycles. The summed E-state index contributed by atoms with van der Waals surface area (Å²) in [4.78, 5) is 30.9. The third-order valence-corrected chi connectivity index (χ3v) is 5.14. The Morgan fingerprint density at radius 2 is 1.97 bits per heavy atom. The molecule has 0 radical (unpaired) electrons. The lowest BCUT2D eigenvalue weighted by atomic mass is 10.2. The monoisotopic (exact) mass is 409 g/mol. The molecule has 1 atom stereocenters. The second-order valence-electron chi connectivity index (χ2n) is 7.78. The number of aromatic nitrogens is 1. The summed E-state index contributed by atoms with van der Waals surface area (Å²) in [6, 6.07) is 10.9. The number of ether oxygens (including phenoxy) is 1. The summed E-state index contributed by atoms with van der Waals surface area (Å²) in [6.45, 7) is 4.83. The summed E-state index contributed by atoms with van der Waals surface area (Å²) in [5.41, 5.74) is 2.13. The van der Waals surface area contributed by atoms with Crippen molar-refractivity contribution in [2.24, 2.45) is 0 Å². The maximum absolute atomic E-state index is 12.4. The van der Waals surface area contributed by atoms with Crippen LogP contribution in [0, 0.1) is 0 Å². The van der Waals surface area contributed by atoms with E-state index in [1.54, 1.807) is 30.5 Å². The third-order valence-electron chi connectivity index (χ3n) is 5.14. The highest BCUT2D eigenvalue weighted by Crippen LogP contribution is 2.19. The normalized spacial score (nSPS) is 18.6. The van der Waals surface area contributed by atoms with Crippen molar-refractivity contribution >= 4 is 23.4 Å².